The molecule has 2 N–H and O–H groups in total. The first kappa shape index (κ1) is 26.7. The van der Waals surface area contributed by atoms with E-state index >= 15 is 0 Å². The lowest BCUT2D eigenvalue weighted by molar-refractivity contribution is -0.137. The molecule has 1 unspecified atom stereocenters. The van der Waals surface area contributed by atoms with Crippen LogP contribution in [0.15, 0.2) is 41.9 Å². The summed E-state index contributed by atoms with van der Waals surface area (Å²) in [6, 6.07) is 4.87. The van der Waals surface area contributed by atoms with Crippen molar-refractivity contribution in [1.29, 1.82) is 0 Å². The highest BCUT2D eigenvalue weighted by Crippen LogP contribution is 2.31. The molecule has 0 saturated carbocycles. The first-order chi connectivity index (χ1) is 14.2. The van der Waals surface area contributed by atoms with Crippen molar-refractivity contribution in [3.63, 3.8) is 0 Å². The minimum absolute atomic E-state index is 0. The number of aromatic nitrogens is 3. The molecule has 31 heavy (non-hydrogen) atoms. The quantitative estimate of drug-likeness (QED) is 0.214. The third kappa shape index (κ3) is 8.38. The Labute approximate surface area is 197 Å². The second-order valence-electron chi connectivity index (χ2n) is 6.61. The number of hydrogen-bond donors (Lipinski definition) is 2. The zero-order valence-electron chi connectivity index (χ0n) is 17.7. The van der Waals surface area contributed by atoms with Crippen LogP contribution in [0.4, 0.5) is 13.2 Å². The predicted molar refractivity (Wildman–Crippen MR) is 125 cm³/mol. The van der Waals surface area contributed by atoms with Crippen LogP contribution in [0.2, 0.25) is 0 Å². The number of benzene rings is 1. The van der Waals surface area contributed by atoms with E-state index in [-0.39, 0.29) is 35.8 Å². The third-order valence-corrected chi connectivity index (χ3v) is 4.39. The standard InChI is InChI=1S/C20H27F3N6O.HI/c1-5-10-24-19(26-13-18-28-27-14(3)29(18)4)25-12-16(6-2)30-17-9-7-8-15(11-17)20(21,22)23;/h5,7-9,11,16H,1,6,10,12-13H2,2-4H3,(H2,24,25,26);1H. The summed E-state index contributed by atoms with van der Waals surface area (Å²) in [6.45, 7) is 8.59. The van der Waals surface area contributed by atoms with Crippen molar-refractivity contribution in [2.75, 3.05) is 13.1 Å². The molecule has 0 spiro atoms. The monoisotopic (exact) mass is 552 g/mol. The van der Waals surface area contributed by atoms with Gasteiger partial charge in [0.1, 0.15) is 24.2 Å². The van der Waals surface area contributed by atoms with E-state index in [0.29, 0.717) is 37.8 Å². The van der Waals surface area contributed by atoms with E-state index in [2.05, 4.69) is 32.4 Å². The van der Waals surface area contributed by atoms with Gasteiger partial charge in [0.2, 0.25) is 0 Å². The molecule has 11 heteroatoms. The van der Waals surface area contributed by atoms with Gasteiger partial charge in [0, 0.05) is 13.6 Å². The van der Waals surface area contributed by atoms with Crippen LogP contribution in [0.5, 0.6) is 5.75 Å². The maximum atomic E-state index is 12.9. The summed E-state index contributed by atoms with van der Waals surface area (Å²) in [4.78, 5) is 4.48. The van der Waals surface area contributed by atoms with E-state index in [1.165, 1.54) is 12.1 Å². The van der Waals surface area contributed by atoms with Gasteiger partial charge in [-0.2, -0.15) is 13.2 Å². The van der Waals surface area contributed by atoms with Crippen LogP contribution in [0.25, 0.3) is 0 Å². The van der Waals surface area contributed by atoms with E-state index in [4.69, 9.17) is 4.74 Å². The van der Waals surface area contributed by atoms with Crippen molar-refractivity contribution in [3.05, 3.63) is 54.1 Å². The number of nitrogens with zero attached hydrogens (tertiary/aromatic N) is 4. The normalized spacial score (nSPS) is 12.6. The van der Waals surface area contributed by atoms with Gasteiger partial charge in [-0.05, 0) is 31.5 Å². The summed E-state index contributed by atoms with van der Waals surface area (Å²) < 4.78 is 46.3. The van der Waals surface area contributed by atoms with Crippen LogP contribution < -0.4 is 15.4 Å². The Morgan fingerprint density at radius 2 is 2.06 bits per heavy atom. The van der Waals surface area contributed by atoms with E-state index in [9.17, 15) is 13.2 Å². The zero-order chi connectivity index (χ0) is 22.1. The molecular formula is C20H28F3IN6O. The number of guanidine groups is 1. The van der Waals surface area contributed by atoms with Crippen molar-refractivity contribution in [1.82, 2.24) is 25.4 Å². The first-order valence-electron chi connectivity index (χ1n) is 9.56. The summed E-state index contributed by atoms with van der Waals surface area (Å²) in [5, 5.41) is 14.3. The molecule has 0 aliphatic heterocycles. The highest BCUT2D eigenvalue weighted by Gasteiger charge is 2.30. The van der Waals surface area contributed by atoms with E-state index in [1.807, 2.05) is 25.5 Å². The lowest BCUT2D eigenvalue weighted by atomic mass is 10.2. The number of nitrogens with one attached hydrogen (secondary N) is 2. The molecule has 0 fully saturated rings. The van der Waals surface area contributed by atoms with Crippen molar-refractivity contribution < 1.29 is 17.9 Å². The highest BCUT2D eigenvalue weighted by atomic mass is 127. The van der Waals surface area contributed by atoms with Crippen LogP contribution in [0.1, 0.15) is 30.6 Å². The molecule has 2 rings (SSSR count). The molecule has 1 aromatic carbocycles. The molecule has 0 amide bonds. The Balaban J connectivity index is 0.00000480. The molecule has 0 bridgehead atoms. The largest absolute Gasteiger partial charge is 0.489 e. The Bertz CT molecular complexity index is 869. The predicted octanol–water partition coefficient (Wildman–Crippen LogP) is 3.84. The molecule has 7 nitrogen and oxygen atoms in total. The Hall–Kier alpha value is -2.31. The van der Waals surface area contributed by atoms with Crippen molar-refractivity contribution in [2.45, 2.75) is 39.1 Å². The van der Waals surface area contributed by atoms with Crippen LogP contribution >= 0.6 is 24.0 Å². The Morgan fingerprint density at radius 3 is 2.65 bits per heavy atom. The fraction of sp³-hybridized carbons (Fsp3) is 0.450. The maximum absolute atomic E-state index is 12.9. The van der Waals surface area contributed by atoms with E-state index in [1.54, 1.807) is 6.08 Å². The van der Waals surface area contributed by atoms with Crippen LogP contribution in [0.3, 0.4) is 0 Å². The molecule has 1 heterocycles. The minimum atomic E-state index is -4.41. The van der Waals surface area contributed by atoms with Crippen LogP contribution in [-0.4, -0.2) is 39.9 Å². The Morgan fingerprint density at radius 1 is 1.32 bits per heavy atom. The summed E-state index contributed by atoms with van der Waals surface area (Å²) in [5.74, 6) is 2.18. The van der Waals surface area contributed by atoms with Gasteiger partial charge in [-0.15, -0.1) is 40.8 Å². The molecule has 0 aliphatic carbocycles. The second-order valence-corrected chi connectivity index (χ2v) is 6.61. The summed E-state index contributed by atoms with van der Waals surface area (Å²) in [5.41, 5.74) is -0.739. The molecular weight excluding hydrogens is 524 g/mol. The average Bonchev–Trinajstić information content (AvgIpc) is 3.03. The van der Waals surface area contributed by atoms with Gasteiger partial charge in [0.05, 0.1) is 12.1 Å². The molecule has 1 atom stereocenters. The fourth-order valence-electron chi connectivity index (χ4n) is 2.50. The van der Waals surface area contributed by atoms with Crippen LogP contribution in [-0.2, 0) is 19.8 Å². The molecule has 1 aromatic heterocycles. The summed E-state index contributed by atoms with van der Waals surface area (Å²) in [6.07, 6.45) is -2.46. The lowest BCUT2D eigenvalue weighted by Crippen LogP contribution is -2.42. The van der Waals surface area contributed by atoms with Crippen LogP contribution in [0, 0.1) is 6.92 Å². The van der Waals surface area contributed by atoms with E-state index < -0.39 is 11.7 Å². The van der Waals surface area contributed by atoms with Gasteiger partial charge in [-0.25, -0.2) is 4.99 Å². The number of rotatable bonds is 9. The number of halogens is 4. The third-order valence-electron chi connectivity index (χ3n) is 4.39. The molecule has 0 radical (unpaired) electrons. The summed E-state index contributed by atoms with van der Waals surface area (Å²) in [7, 11) is 1.86. The average molecular weight is 552 g/mol. The molecule has 2 aromatic rings. The number of aliphatic imine (C=N–C) groups is 1. The first-order valence-corrected chi connectivity index (χ1v) is 9.56. The van der Waals surface area contributed by atoms with E-state index in [0.717, 1.165) is 18.0 Å². The molecule has 0 saturated heterocycles. The highest BCUT2D eigenvalue weighted by molar-refractivity contribution is 14.0. The zero-order valence-corrected chi connectivity index (χ0v) is 20.1. The number of hydrogen-bond acceptors (Lipinski definition) is 4. The Kier molecular flexibility index (Phi) is 10.8. The van der Waals surface area contributed by atoms with Gasteiger partial charge < -0.3 is 19.9 Å². The summed E-state index contributed by atoms with van der Waals surface area (Å²) >= 11 is 0. The minimum Gasteiger partial charge on any atom is -0.489 e. The van der Waals surface area contributed by atoms with Gasteiger partial charge in [0.15, 0.2) is 11.8 Å². The second kappa shape index (κ2) is 12.5. The van der Waals surface area contributed by atoms with Gasteiger partial charge in [-0.1, -0.05) is 19.1 Å². The lowest BCUT2D eigenvalue weighted by Gasteiger charge is -2.20. The fourth-order valence-corrected chi connectivity index (χ4v) is 2.50. The number of aryl methyl sites for hydroxylation is 1. The van der Waals surface area contributed by atoms with Crippen molar-refractivity contribution >= 4 is 29.9 Å². The van der Waals surface area contributed by atoms with Gasteiger partial charge in [0.25, 0.3) is 0 Å². The van der Waals surface area contributed by atoms with Crippen molar-refractivity contribution in [2.24, 2.45) is 12.0 Å². The number of alkyl halides is 3. The number of ether oxygens (including phenoxy) is 1. The van der Waals surface area contributed by atoms with Gasteiger partial charge >= 0.3 is 6.18 Å². The molecule has 172 valence electrons. The smallest absolute Gasteiger partial charge is 0.416 e. The SMILES string of the molecule is C=CCNC(=NCc1nnc(C)n1C)NCC(CC)Oc1cccc(C(F)(F)F)c1.I. The topological polar surface area (TPSA) is 76.4 Å². The van der Waals surface area contributed by atoms with Crippen molar-refractivity contribution in [3.8, 4) is 5.75 Å². The maximum Gasteiger partial charge on any atom is 0.416 e. The molecule has 0 aliphatic rings. The van der Waals surface area contributed by atoms with Gasteiger partial charge in [-0.3, -0.25) is 0 Å².